The molecule has 1 aromatic heterocycles. The van der Waals surface area contributed by atoms with Gasteiger partial charge in [-0.25, -0.2) is 13.1 Å². The number of nitrogens with zero attached hydrogens (tertiary/aromatic N) is 3. The third-order valence-corrected chi connectivity index (χ3v) is 7.35. The first kappa shape index (κ1) is 21.6. The van der Waals surface area contributed by atoms with Crippen LogP contribution in [0.25, 0.3) is 0 Å². The molecule has 10 heteroatoms. The van der Waals surface area contributed by atoms with E-state index in [4.69, 9.17) is 9.26 Å². The summed E-state index contributed by atoms with van der Waals surface area (Å²) in [7, 11) is -3.76. The minimum Gasteiger partial charge on any atom is -0.482 e. The molecule has 5 rings (SSSR count). The minimum absolute atomic E-state index is 0.124. The molecule has 2 heterocycles. The molecule has 1 saturated carbocycles. The number of benzene rings is 2. The second-order valence-corrected chi connectivity index (χ2v) is 10.0. The molecular formula is C23H24N4O5S. The van der Waals surface area contributed by atoms with Crippen LogP contribution in [-0.4, -0.2) is 37.6 Å². The average Bonchev–Trinajstić information content (AvgIpc) is 3.54. The maximum atomic E-state index is 13.0. The summed E-state index contributed by atoms with van der Waals surface area (Å²) in [5, 5.41) is 3.99. The number of carbonyl (C=O) groups is 1. The van der Waals surface area contributed by atoms with Crippen molar-refractivity contribution in [2.24, 2.45) is 0 Å². The van der Waals surface area contributed by atoms with E-state index in [1.165, 1.54) is 11.0 Å². The van der Waals surface area contributed by atoms with E-state index < -0.39 is 10.0 Å². The van der Waals surface area contributed by atoms with Gasteiger partial charge in [0.1, 0.15) is 5.75 Å². The molecule has 1 amide bonds. The molecule has 3 aromatic rings. The monoisotopic (exact) mass is 468 g/mol. The molecule has 0 atom stereocenters. The number of nitrogens with one attached hydrogen (secondary N) is 1. The average molecular weight is 469 g/mol. The Labute approximate surface area is 191 Å². The highest BCUT2D eigenvalue weighted by molar-refractivity contribution is 7.89. The summed E-state index contributed by atoms with van der Waals surface area (Å²) < 4.78 is 39.4. The summed E-state index contributed by atoms with van der Waals surface area (Å²) >= 11 is 0. The van der Waals surface area contributed by atoms with Crippen LogP contribution in [0.5, 0.6) is 5.75 Å². The largest absolute Gasteiger partial charge is 0.482 e. The number of sulfonamides is 1. The number of amides is 1. The van der Waals surface area contributed by atoms with Gasteiger partial charge in [-0.15, -0.1) is 0 Å². The normalized spacial score (nSPS) is 15.9. The molecule has 33 heavy (non-hydrogen) atoms. The van der Waals surface area contributed by atoms with Crippen LogP contribution >= 0.6 is 0 Å². The number of hydrogen-bond donors (Lipinski definition) is 1. The molecule has 2 aliphatic rings. The standard InChI is InChI=1S/C23H24N4O5S/c1-15-11-18-19(12-20(15)33(29,30)24-10-9-16-5-3-2-4-6-16)31-14-22(28)27(18)13-21-25-23(32-26-21)17-7-8-17/h2-6,11-12,17,24H,7-10,13-14H2,1H3. The van der Waals surface area contributed by atoms with Gasteiger partial charge in [-0.2, -0.15) is 4.98 Å². The summed E-state index contributed by atoms with van der Waals surface area (Å²) in [6.45, 7) is 1.91. The van der Waals surface area contributed by atoms with E-state index in [1.54, 1.807) is 13.0 Å². The Kier molecular flexibility index (Phi) is 5.63. The molecule has 172 valence electrons. The van der Waals surface area contributed by atoms with Gasteiger partial charge in [-0.3, -0.25) is 9.69 Å². The van der Waals surface area contributed by atoms with Crippen LogP contribution in [0.1, 0.15) is 41.6 Å². The molecular weight excluding hydrogens is 444 g/mol. The molecule has 0 spiro atoms. The van der Waals surface area contributed by atoms with E-state index in [0.29, 0.717) is 41.1 Å². The van der Waals surface area contributed by atoms with Crippen molar-refractivity contribution < 1.29 is 22.5 Å². The van der Waals surface area contributed by atoms with Crippen molar-refractivity contribution >= 4 is 21.6 Å². The Morgan fingerprint density at radius 3 is 2.73 bits per heavy atom. The maximum absolute atomic E-state index is 13.0. The van der Waals surface area contributed by atoms with Gasteiger partial charge in [0.05, 0.1) is 17.1 Å². The number of anilines is 1. The smallest absolute Gasteiger partial charge is 0.265 e. The van der Waals surface area contributed by atoms with Crippen LogP contribution in [0, 0.1) is 6.92 Å². The Balaban J connectivity index is 1.35. The van der Waals surface area contributed by atoms with Gasteiger partial charge in [0.25, 0.3) is 5.91 Å². The van der Waals surface area contributed by atoms with Gasteiger partial charge >= 0.3 is 0 Å². The first-order valence-corrected chi connectivity index (χ1v) is 12.3. The van der Waals surface area contributed by atoms with Gasteiger partial charge in [-0.1, -0.05) is 35.5 Å². The molecule has 0 radical (unpaired) electrons. The molecule has 1 N–H and O–H groups in total. The summed E-state index contributed by atoms with van der Waals surface area (Å²) in [5.41, 5.74) is 2.05. The zero-order valence-corrected chi connectivity index (χ0v) is 19.0. The lowest BCUT2D eigenvalue weighted by atomic mass is 10.1. The van der Waals surface area contributed by atoms with Crippen molar-refractivity contribution in [3.05, 3.63) is 65.3 Å². The summed E-state index contributed by atoms with van der Waals surface area (Å²) in [4.78, 5) is 18.6. The Morgan fingerprint density at radius 2 is 1.97 bits per heavy atom. The second kappa shape index (κ2) is 8.60. The molecule has 0 saturated heterocycles. The molecule has 1 aliphatic carbocycles. The number of carbonyl (C=O) groups excluding carboxylic acids is 1. The number of rotatable bonds is 8. The van der Waals surface area contributed by atoms with E-state index in [9.17, 15) is 13.2 Å². The molecule has 1 fully saturated rings. The van der Waals surface area contributed by atoms with Crippen LogP contribution in [-0.2, 0) is 27.8 Å². The van der Waals surface area contributed by atoms with Gasteiger partial charge < -0.3 is 9.26 Å². The highest BCUT2D eigenvalue weighted by atomic mass is 32.2. The van der Waals surface area contributed by atoms with Crippen molar-refractivity contribution in [3.63, 3.8) is 0 Å². The topological polar surface area (TPSA) is 115 Å². The van der Waals surface area contributed by atoms with E-state index in [0.717, 1.165) is 18.4 Å². The molecule has 0 unspecified atom stereocenters. The van der Waals surface area contributed by atoms with E-state index in [1.807, 2.05) is 30.3 Å². The van der Waals surface area contributed by atoms with E-state index >= 15 is 0 Å². The first-order valence-electron chi connectivity index (χ1n) is 10.8. The van der Waals surface area contributed by atoms with Crippen LogP contribution in [0.15, 0.2) is 51.9 Å². The third kappa shape index (κ3) is 4.62. The maximum Gasteiger partial charge on any atom is 0.265 e. The van der Waals surface area contributed by atoms with Crippen LogP contribution in [0.3, 0.4) is 0 Å². The number of ether oxygens (including phenoxy) is 1. The van der Waals surface area contributed by atoms with Gasteiger partial charge in [-0.05, 0) is 43.4 Å². The second-order valence-electron chi connectivity index (χ2n) is 8.31. The quantitative estimate of drug-likeness (QED) is 0.540. The Bertz CT molecular complexity index is 1290. The van der Waals surface area contributed by atoms with Crippen molar-refractivity contribution in [1.82, 2.24) is 14.9 Å². The first-order chi connectivity index (χ1) is 15.9. The van der Waals surface area contributed by atoms with E-state index in [2.05, 4.69) is 14.9 Å². The van der Waals surface area contributed by atoms with Gasteiger partial charge in [0.15, 0.2) is 12.4 Å². The fourth-order valence-electron chi connectivity index (χ4n) is 3.82. The van der Waals surface area contributed by atoms with Crippen molar-refractivity contribution in [2.75, 3.05) is 18.1 Å². The fraction of sp³-hybridized carbons (Fsp3) is 0.348. The molecule has 9 nitrogen and oxygen atoms in total. The number of aryl methyl sites for hydroxylation is 1. The Hall–Kier alpha value is -3.24. The molecule has 1 aliphatic heterocycles. The van der Waals surface area contributed by atoms with Crippen LogP contribution < -0.4 is 14.4 Å². The molecule has 0 bridgehead atoms. The highest BCUT2D eigenvalue weighted by Gasteiger charge is 2.32. The minimum atomic E-state index is -3.76. The van der Waals surface area contributed by atoms with Crippen LogP contribution in [0.2, 0.25) is 0 Å². The van der Waals surface area contributed by atoms with Crippen LogP contribution in [0.4, 0.5) is 5.69 Å². The van der Waals surface area contributed by atoms with Crippen molar-refractivity contribution in [2.45, 2.75) is 43.5 Å². The molecule has 2 aromatic carbocycles. The van der Waals surface area contributed by atoms with Gasteiger partial charge in [0.2, 0.25) is 15.9 Å². The zero-order chi connectivity index (χ0) is 23.0. The van der Waals surface area contributed by atoms with Crippen molar-refractivity contribution in [3.8, 4) is 5.75 Å². The fourth-order valence-corrected chi connectivity index (χ4v) is 5.09. The number of fused-ring (bicyclic) bond motifs is 1. The lowest BCUT2D eigenvalue weighted by molar-refractivity contribution is -0.121. The lowest BCUT2D eigenvalue weighted by Crippen LogP contribution is -2.39. The summed E-state index contributed by atoms with van der Waals surface area (Å²) in [5.74, 6) is 1.41. The van der Waals surface area contributed by atoms with Gasteiger partial charge in [0, 0.05) is 18.5 Å². The zero-order valence-electron chi connectivity index (χ0n) is 18.2. The predicted octanol–water partition coefficient (Wildman–Crippen LogP) is 2.70. The summed E-state index contributed by atoms with van der Waals surface area (Å²) in [6, 6.07) is 12.8. The van der Waals surface area contributed by atoms with Crippen molar-refractivity contribution in [1.29, 1.82) is 0 Å². The summed E-state index contributed by atoms with van der Waals surface area (Å²) in [6.07, 6.45) is 2.66. The number of aromatic nitrogens is 2. The predicted molar refractivity (Wildman–Crippen MR) is 119 cm³/mol. The number of hydrogen-bond acceptors (Lipinski definition) is 7. The Morgan fingerprint density at radius 1 is 1.18 bits per heavy atom. The lowest BCUT2D eigenvalue weighted by Gasteiger charge is -2.29. The highest BCUT2D eigenvalue weighted by Crippen LogP contribution is 2.40. The SMILES string of the molecule is Cc1cc2c(cc1S(=O)(=O)NCCc1ccccc1)OCC(=O)N2Cc1noc(C2CC2)n1. The van der Waals surface area contributed by atoms with E-state index in [-0.39, 0.29) is 30.5 Å². The third-order valence-electron chi connectivity index (χ3n) is 5.75.